The molecule has 0 unspecified atom stereocenters. The van der Waals surface area contributed by atoms with Crippen LogP contribution in [0.15, 0.2) is 36.5 Å². The van der Waals surface area contributed by atoms with Crippen molar-refractivity contribution >= 4 is 0 Å². The summed E-state index contributed by atoms with van der Waals surface area (Å²) in [5, 5.41) is 4.39. The third kappa shape index (κ3) is 2.06. The highest BCUT2D eigenvalue weighted by Crippen LogP contribution is 2.21. The van der Waals surface area contributed by atoms with Crippen molar-refractivity contribution in [2.45, 2.75) is 6.61 Å². The predicted octanol–water partition coefficient (Wildman–Crippen LogP) is 2.03. The van der Waals surface area contributed by atoms with Gasteiger partial charge in [-0.2, -0.15) is 5.10 Å². The van der Waals surface area contributed by atoms with Crippen molar-refractivity contribution in [2.75, 3.05) is 14.2 Å². The Morgan fingerprint density at radius 3 is 2.75 bits per heavy atom. The van der Waals surface area contributed by atoms with Gasteiger partial charge in [-0.25, -0.2) is 4.68 Å². The van der Waals surface area contributed by atoms with Crippen LogP contribution in [0.1, 0.15) is 5.69 Å². The summed E-state index contributed by atoms with van der Waals surface area (Å²) < 4.78 is 12.1. The first-order valence-corrected chi connectivity index (χ1v) is 5.02. The van der Waals surface area contributed by atoms with Crippen LogP contribution in [0, 0.1) is 0 Å². The molecule has 4 nitrogen and oxygen atoms in total. The molecule has 0 aliphatic carbocycles. The highest BCUT2D eigenvalue weighted by molar-refractivity contribution is 5.45. The molecule has 0 saturated heterocycles. The van der Waals surface area contributed by atoms with E-state index in [4.69, 9.17) is 9.47 Å². The number of benzene rings is 1. The zero-order valence-corrected chi connectivity index (χ0v) is 9.38. The number of hydrogen-bond acceptors (Lipinski definition) is 3. The molecule has 0 saturated carbocycles. The monoisotopic (exact) mass is 218 g/mol. The molecule has 1 aromatic carbocycles. The molecular weight excluding hydrogens is 204 g/mol. The fourth-order valence-electron chi connectivity index (χ4n) is 1.54. The number of ether oxygens (including phenoxy) is 2. The maximum atomic E-state index is 5.28. The first kappa shape index (κ1) is 10.7. The fraction of sp³-hybridized carbons (Fsp3) is 0.250. The quantitative estimate of drug-likeness (QED) is 0.787. The lowest BCUT2D eigenvalue weighted by Crippen LogP contribution is -1.99. The van der Waals surface area contributed by atoms with Crippen molar-refractivity contribution in [3.05, 3.63) is 42.2 Å². The first-order chi connectivity index (χ1) is 7.85. The topological polar surface area (TPSA) is 36.3 Å². The van der Waals surface area contributed by atoms with E-state index >= 15 is 0 Å². The van der Waals surface area contributed by atoms with Crippen LogP contribution in [0.2, 0.25) is 0 Å². The summed E-state index contributed by atoms with van der Waals surface area (Å²) in [6, 6.07) is 9.68. The molecule has 0 bridgehead atoms. The van der Waals surface area contributed by atoms with E-state index in [9.17, 15) is 0 Å². The molecule has 1 heterocycles. The number of hydrogen-bond donors (Lipinski definition) is 0. The average molecular weight is 218 g/mol. The number of methoxy groups -OCH3 is 2. The van der Waals surface area contributed by atoms with E-state index in [2.05, 4.69) is 5.10 Å². The summed E-state index contributed by atoms with van der Waals surface area (Å²) in [6.07, 6.45) is 1.90. The Hall–Kier alpha value is -1.81. The van der Waals surface area contributed by atoms with E-state index < -0.39 is 0 Å². The third-order valence-corrected chi connectivity index (χ3v) is 2.27. The van der Waals surface area contributed by atoms with Crippen LogP contribution in [0.25, 0.3) is 5.69 Å². The Labute approximate surface area is 94.4 Å². The lowest BCUT2D eigenvalue weighted by Gasteiger charge is -2.07. The minimum atomic E-state index is 0.516. The Bertz CT molecular complexity index is 466. The molecule has 0 N–H and O–H groups in total. The van der Waals surface area contributed by atoms with Crippen LogP contribution in [0.4, 0.5) is 0 Å². The van der Waals surface area contributed by atoms with Crippen LogP contribution < -0.4 is 4.74 Å². The third-order valence-electron chi connectivity index (χ3n) is 2.27. The lowest BCUT2D eigenvalue weighted by atomic mass is 10.3. The smallest absolute Gasteiger partial charge is 0.144 e. The highest BCUT2D eigenvalue weighted by atomic mass is 16.5. The summed E-state index contributed by atoms with van der Waals surface area (Å²) in [7, 11) is 3.31. The summed E-state index contributed by atoms with van der Waals surface area (Å²) in [6.45, 7) is 0.516. The molecule has 4 heteroatoms. The zero-order valence-electron chi connectivity index (χ0n) is 9.38. The van der Waals surface area contributed by atoms with Crippen LogP contribution in [0.3, 0.4) is 0 Å². The van der Waals surface area contributed by atoms with Gasteiger partial charge >= 0.3 is 0 Å². The van der Waals surface area contributed by atoms with Gasteiger partial charge in [0.05, 0.1) is 19.4 Å². The summed E-state index contributed by atoms with van der Waals surface area (Å²) in [5.41, 5.74) is 1.82. The molecule has 0 aliphatic rings. The van der Waals surface area contributed by atoms with E-state index in [-0.39, 0.29) is 0 Å². The van der Waals surface area contributed by atoms with Crippen molar-refractivity contribution in [2.24, 2.45) is 0 Å². The van der Waals surface area contributed by atoms with Gasteiger partial charge in [0.1, 0.15) is 11.4 Å². The largest absolute Gasteiger partial charge is 0.494 e. The van der Waals surface area contributed by atoms with Gasteiger partial charge in [-0.15, -0.1) is 0 Å². The van der Waals surface area contributed by atoms with Crippen LogP contribution in [-0.4, -0.2) is 24.0 Å². The molecule has 0 amide bonds. The fourth-order valence-corrected chi connectivity index (χ4v) is 1.54. The molecule has 0 aliphatic heterocycles. The Morgan fingerprint density at radius 2 is 2.00 bits per heavy atom. The molecular formula is C12H14N2O2. The van der Waals surface area contributed by atoms with Gasteiger partial charge in [-0.3, -0.25) is 0 Å². The molecule has 0 fully saturated rings. The van der Waals surface area contributed by atoms with Crippen molar-refractivity contribution in [1.29, 1.82) is 0 Å². The standard InChI is InChI=1S/C12H14N2O2/c1-15-9-10-7-8-14(13-10)11-5-3-4-6-12(11)16-2/h3-8H,9H2,1-2H3. The van der Waals surface area contributed by atoms with Gasteiger partial charge in [0.25, 0.3) is 0 Å². The SMILES string of the molecule is COCc1ccn(-c2ccccc2OC)n1. The predicted molar refractivity (Wildman–Crippen MR) is 60.8 cm³/mol. The maximum Gasteiger partial charge on any atom is 0.144 e. The number of para-hydroxylation sites is 2. The molecule has 0 spiro atoms. The van der Waals surface area contributed by atoms with Crippen LogP contribution in [0.5, 0.6) is 5.75 Å². The first-order valence-electron chi connectivity index (χ1n) is 5.02. The van der Waals surface area contributed by atoms with E-state index in [1.165, 1.54) is 0 Å². The van der Waals surface area contributed by atoms with Gasteiger partial charge in [0, 0.05) is 13.3 Å². The molecule has 0 radical (unpaired) electrons. The minimum absolute atomic E-state index is 0.516. The molecule has 16 heavy (non-hydrogen) atoms. The number of aromatic nitrogens is 2. The van der Waals surface area contributed by atoms with E-state index in [0.29, 0.717) is 6.61 Å². The maximum absolute atomic E-state index is 5.28. The average Bonchev–Trinajstić information content (AvgIpc) is 2.78. The molecule has 2 rings (SSSR count). The van der Waals surface area contributed by atoms with Gasteiger partial charge in [0.15, 0.2) is 0 Å². The van der Waals surface area contributed by atoms with E-state index in [0.717, 1.165) is 17.1 Å². The van der Waals surface area contributed by atoms with Crippen molar-refractivity contribution in [3.8, 4) is 11.4 Å². The van der Waals surface area contributed by atoms with Crippen LogP contribution in [-0.2, 0) is 11.3 Å². The lowest BCUT2D eigenvalue weighted by molar-refractivity contribution is 0.181. The van der Waals surface area contributed by atoms with Crippen molar-refractivity contribution in [1.82, 2.24) is 9.78 Å². The second-order valence-electron chi connectivity index (χ2n) is 3.36. The molecule has 0 atom stereocenters. The Balaban J connectivity index is 2.34. The normalized spacial score (nSPS) is 10.4. The summed E-state index contributed by atoms with van der Waals surface area (Å²) in [4.78, 5) is 0. The van der Waals surface area contributed by atoms with Crippen molar-refractivity contribution in [3.63, 3.8) is 0 Å². The van der Waals surface area contributed by atoms with Crippen molar-refractivity contribution < 1.29 is 9.47 Å². The molecule has 1 aromatic heterocycles. The van der Waals surface area contributed by atoms with E-state index in [1.54, 1.807) is 18.9 Å². The number of nitrogens with zero attached hydrogens (tertiary/aromatic N) is 2. The van der Waals surface area contributed by atoms with Gasteiger partial charge in [-0.1, -0.05) is 12.1 Å². The zero-order chi connectivity index (χ0) is 11.4. The summed E-state index contributed by atoms with van der Waals surface area (Å²) in [5.74, 6) is 0.801. The summed E-state index contributed by atoms with van der Waals surface area (Å²) >= 11 is 0. The molecule has 2 aromatic rings. The van der Waals surface area contributed by atoms with E-state index in [1.807, 2.05) is 36.5 Å². The number of rotatable bonds is 4. The Kier molecular flexibility index (Phi) is 3.22. The van der Waals surface area contributed by atoms with Gasteiger partial charge in [-0.05, 0) is 18.2 Å². The second-order valence-corrected chi connectivity index (χ2v) is 3.36. The Morgan fingerprint density at radius 1 is 1.19 bits per heavy atom. The van der Waals surface area contributed by atoms with Gasteiger partial charge in [0.2, 0.25) is 0 Å². The highest BCUT2D eigenvalue weighted by Gasteiger charge is 2.05. The molecule has 84 valence electrons. The van der Waals surface area contributed by atoms with Gasteiger partial charge < -0.3 is 9.47 Å². The minimum Gasteiger partial charge on any atom is -0.494 e. The van der Waals surface area contributed by atoms with Crippen LogP contribution >= 0.6 is 0 Å². The second kappa shape index (κ2) is 4.81.